The third-order valence-corrected chi connectivity index (χ3v) is 6.65. The van der Waals surface area contributed by atoms with Crippen LogP contribution in [0.3, 0.4) is 0 Å². The number of hydrogen-bond acceptors (Lipinski definition) is 4. The van der Waals surface area contributed by atoms with Crippen LogP contribution in [-0.2, 0) is 17.9 Å². The lowest BCUT2D eigenvalue weighted by Crippen LogP contribution is -2.38. The highest BCUT2D eigenvalue weighted by atomic mass is 35.5. The van der Waals surface area contributed by atoms with Gasteiger partial charge in [0.2, 0.25) is 0 Å². The van der Waals surface area contributed by atoms with Gasteiger partial charge in [0.25, 0.3) is 0 Å². The van der Waals surface area contributed by atoms with Gasteiger partial charge in [0.1, 0.15) is 18.4 Å². The summed E-state index contributed by atoms with van der Waals surface area (Å²) in [4.78, 5) is 13.9. The summed E-state index contributed by atoms with van der Waals surface area (Å²) in [7, 11) is 0. The maximum Gasteiger partial charge on any atom is 0.321 e. The van der Waals surface area contributed by atoms with E-state index in [1.165, 1.54) is 0 Å². The van der Waals surface area contributed by atoms with Gasteiger partial charge in [-0.25, -0.2) is 0 Å². The van der Waals surface area contributed by atoms with Crippen molar-refractivity contribution in [1.29, 1.82) is 0 Å². The number of thioether (sulfide) groups is 1. The molecule has 4 nitrogen and oxygen atoms in total. The van der Waals surface area contributed by atoms with E-state index < -0.39 is 12.0 Å². The Hall–Kier alpha value is -2.47. The largest absolute Gasteiger partial charge is 0.489 e. The Kier molecular flexibility index (Phi) is 6.62. The third-order valence-electron chi connectivity index (χ3n) is 5.04. The molecular formula is C24H22ClNO3S. The predicted molar refractivity (Wildman–Crippen MR) is 121 cm³/mol. The summed E-state index contributed by atoms with van der Waals surface area (Å²) in [5.74, 6) is 0.509. The van der Waals surface area contributed by atoms with Crippen LogP contribution in [0.25, 0.3) is 0 Å². The molecule has 2 unspecified atom stereocenters. The lowest BCUT2D eigenvalue weighted by atomic mass is 10.1. The normalized spacial score (nSPS) is 19.0. The molecule has 0 spiro atoms. The Labute approximate surface area is 185 Å². The summed E-state index contributed by atoms with van der Waals surface area (Å²) in [6.07, 6.45) is 0. The number of carbonyl (C=O) groups is 1. The first-order valence-electron chi connectivity index (χ1n) is 9.71. The van der Waals surface area contributed by atoms with Gasteiger partial charge in [-0.3, -0.25) is 9.69 Å². The van der Waals surface area contributed by atoms with Crippen LogP contribution in [0, 0.1) is 0 Å². The summed E-state index contributed by atoms with van der Waals surface area (Å²) in [5.41, 5.74) is 3.14. The molecule has 1 aliphatic rings. The molecule has 1 fully saturated rings. The number of aliphatic carboxylic acids is 1. The fraction of sp³-hybridized carbons (Fsp3) is 0.208. The standard InChI is InChI=1S/C24H22ClNO3S/c25-20-10-5-9-19(13-20)23-26(22(16-30-23)24(27)28)14-18-8-4-11-21(12-18)29-15-17-6-2-1-3-7-17/h1-13,22-23H,14-16H2,(H,27,28). The van der Waals surface area contributed by atoms with Crippen molar-refractivity contribution in [2.45, 2.75) is 24.6 Å². The zero-order valence-electron chi connectivity index (χ0n) is 16.3. The Balaban J connectivity index is 1.52. The molecule has 1 N–H and O–H groups in total. The van der Waals surface area contributed by atoms with Crippen molar-refractivity contribution in [3.63, 3.8) is 0 Å². The first-order chi connectivity index (χ1) is 14.6. The Morgan fingerprint density at radius 1 is 1.03 bits per heavy atom. The molecule has 0 radical (unpaired) electrons. The maximum absolute atomic E-state index is 11.9. The van der Waals surface area contributed by atoms with Crippen molar-refractivity contribution in [2.24, 2.45) is 0 Å². The average Bonchev–Trinajstić information content (AvgIpc) is 3.17. The van der Waals surface area contributed by atoms with Gasteiger partial charge in [0.15, 0.2) is 0 Å². The molecule has 30 heavy (non-hydrogen) atoms. The van der Waals surface area contributed by atoms with Crippen LogP contribution >= 0.6 is 23.4 Å². The van der Waals surface area contributed by atoms with Crippen molar-refractivity contribution >= 4 is 29.3 Å². The molecule has 6 heteroatoms. The van der Waals surface area contributed by atoms with E-state index in [0.717, 1.165) is 22.4 Å². The van der Waals surface area contributed by atoms with Crippen LogP contribution in [0.4, 0.5) is 0 Å². The molecule has 3 aromatic rings. The summed E-state index contributed by atoms with van der Waals surface area (Å²) in [6.45, 7) is 1.01. The topological polar surface area (TPSA) is 49.8 Å². The second-order valence-electron chi connectivity index (χ2n) is 7.19. The molecule has 0 aliphatic carbocycles. The summed E-state index contributed by atoms with van der Waals surface area (Å²) < 4.78 is 5.94. The second kappa shape index (κ2) is 9.56. The van der Waals surface area contributed by atoms with E-state index in [4.69, 9.17) is 16.3 Å². The zero-order valence-corrected chi connectivity index (χ0v) is 17.9. The molecule has 1 heterocycles. The van der Waals surface area contributed by atoms with Gasteiger partial charge in [-0.1, -0.05) is 66.2 Å². The van der Waals surface area contributed by atoms with E-state index >= 15 is 0 Å². The number of halogens is 1. The fourth-order valence-corrected chi connectivity index (χ4v) is 5.23. The summed E-state index contributed by atoms with van der Waals surface area (Å²) in [6, 6.07) is 25.0. The second-order valence-corrected chi connectivity index (χ2v) is 8.74. The third kappa shape index (κ3) is 4.98. The van der Waals surface area contributed by atoms with Gasteiger partial charge < -0.3 is 9.84 Å². The Morgan fingerprint density at radius 3 is 2.57 bits per heavy atom. The number of rotatable bonds is 7. The van der Waals surface area contributed by atoms with E-state index in [-0.39, 0.29) is 5.37 Å². The highest BCUT2D eigenvalue weighted by Crippen LogP contribution is 2.43. The monoisotopic (exact) mass is 439 g/mol. The van der Waals surface area contributed by atoms with Crippen molar-refractivity contribution < 1.29 is 14.6 Å². The van der Waals surface area contributed by atoms with Crippen LogP contribution in [0.5, 0.6) is 5.75 Å². The number of nitrogens with zero attached hydrogens (tertiary/aromatic N) is 1. The average molecular weight is 440 g/mol. The van der Waals surface area contributed by atoms with E-state index in [1.807, 2.05) is 83.8 Å². The van der Waals surface area contributed by atoms with Crippen LogP contribution in [0.2, 0.25) is 5.02 Å². The summed E-state index contributed by atoms with van der Waals surface area (Å²) in [5, 5.41) is 10.3. The Bertz CT molecular complexity index is 1010. The van der Waals surface area contributed by atoms with E-state index in [0.29, 0.717) is 23.9 Å². The van der Waals surface area contributed by atoms with Crippen LogP contribution < -0.4 is 4.74 Å². The number of carboxylic acid groups (broad SMARTS) is 1. The number of hydrogen-bond donors (Lipinski definition) is 1. The van der Waals surface area contributed by atoms with Gasteiger partial charge in [-0.05, 0) is 41.0 Å². The van der Waals surface area contributed by atoms with Crippen molar-refractivity contribution in [3.05, 3.63) is 101 Å². The highest BCUT2D eigenvalue weighted by molar-refractivity contribution is 7.99. The highest BCUT2D eigenvalue weighted by Gasteiger charge is 2.39. The molecule has 1 aliphatic heterocycles. The number of ether oxygens (including phenoxy) is 1. The quantitative estimate of drug-likeness (QED) is 0.517. The Morgan fingerprint density at radius 2 is 1.80 bits per heavy atom. The van der Waals surface area contributed by atoms with Crippen molar-refractivity contribution in [1.82, 2.24) is 4.90 Å². The van der Waals surface area contributed by atoms with Crippen molar-refractivity contribution in [3.8, 4) is 5.75 Å². The van der Waals surface area contributed by atoms with Gasteiger partial charge in [-0.15, -0.1) is 11.8 Å². The van der Waals surface area contributed by atoms with E-state index in [2.05, 4.69) is 0 Å². The smallest absolute Gasteiger partial charge is 0.321 e. The molecule has 1 saturated heterocycles. The minimum atomic E-state index is -0.802. The number of benzene rings is 3. The molecule has 2 atom stereocenters. The predicted octanol–water partition coefficient (Wildman–Crippen LogP) is 5.62. The lowest BCUT2D eigenvalue weighted by Gasteiger charge is -2.27. The molecule has 154 valence electrons. The molecule has 0 saturated carbocycles. The molecule has 0 amide bonds. The van der Waals surface area contributed by atoms with Gasteiger partial charge in [-0.2, -0.15) is 0 Å². The van der Waals surface area contributed by atoms with Crippen LogP contribution in [0.15, 0.2) is 78.9 Å². The van der Waals surface area contributed by atoms with Gasteiger partial charge >= 0.3 is 5.97 Å². The van der Waals surface area contributed by atoms with Crippen LogP contribution in [0.1, 0.15) is 22.1 Å². The SMILES string of the molecule is O=C(O)C1CSC(c2cccc(Cl)c2)N1Cc1cccc(OCc2ccccc2)c1. The zero-order chi connectivity index (χ0) is 20.9. The fourth-order valence-electron chi connectivity index (χ4n) is 3.58. The molecular weight excluding hydrogens is 418 g/mol. The van der Waals surface area contributed by atoms with Gasteiger partial charge in [0.05, 0.1) is 5.37 Å². The van der Waals surface area contributed by atoms with E-state index in [9.17, 15) is 9.90 Å². The molecule has 3 aromatic carbocycles. The minimum Gasteiger partial charge on any atom is -0.489 e. The first-order valence-corrected chi connectivity index (χ1v) is 11.1. The first kappa shape index (κ1) is 20.8. The van der Waals surface area contributed by atoms with Gasteiger partial charge in [0, 0.05) is 17.3 Å². The molecule has 4 rings (SSSR count). The van der Waals surface area contributed by atoms with E-state index in [1.54, 1.807) is 11.8 Å². The molecule has 0 bridgehead atoms. The molecule has 0 aromatic heterocycles. The minimum absolute atomic E-state index is 0.0568. The van der Waals surface area contributed by atoms with Crippen LogP contribution in [-0.4, -0.2) is 27.8 Å². The maximum atomic E-state index is 11.9. The van der Waals surface area contributed by atoms with Crippen molar-refractivity contribution in [2.75, 3.05) is 5.75 Å². The number of carboxylic acids is 1. The summed E-state index contributed by atoms with van der Waals surface area (Å²) >= 11 is 7.81. The lowest BCUT2D eigenvalue weighted by molar-refractivity contribution is -0.142.